The van der Waals surface area contributed by atoms with Crippen molar-refractivity contribution in [1.29, 1.82) is 0 Å². The zero-order chi connectivity index (χ0) is 9.68. The van der Waals surface area contributed by atoms with E-state index in [2.05, 4.69) is 0 Å². The number of Topliss-reactive ketones (excluding diaryl/α,β-unsaturated/α-hetero) is 1. The van der Waals surface area contributed by atoms with Gasteiger partial charge in [0.25, 0.3) is 0 Å². The van der Waals surface area contributed by atoms with Gasteiger partial charge in [0.1, 0.15) is 0 Å². The third-order valence-corrected chi connectivity index (χ3v) is 2.13. The molecule has 0 aromatic heterocycles. The van der Waals surface area contributed by atoms with Crippen molar-refractivity contribution >= 4 is 16.9 Å². The van der Waals surface area contributed by atoms with Gasteiger partial charge in [-0.25, -0.2) is 0 Å². The van der Waals surface area contributed by atoms with E-state index in [1.165, 1.54) is 0 Å². The number of hydrogen-bond donors (Lipinski definition) is 0. The normalized spacial score (nSPS) is 11.5. The molecule has 1 rings (SSSR count). The number of hydrogen-bond acceptors (Lipinski definition) is 3. The van der Waals surface area contributed by atoms with E-state index in [0.29, 0.717) is 5.56 Å². The first-order valence-electron chi connectivity index (χ1n) is 3.84. The van der Waals surface area contributed by atoms with E-state index in [-0.39, 0.29) is 47.5 Å². The maximum atomic E-state index is 11.3. The van der Waals surface area contributed by atoms with Gasteiger partial charge in [0, 0.05) is 17.7 Å². The molecule has 1 atom stereocenters. The van der Waals surface area contributed by atoms with Gasteiger partial charge in [-0.2, -0.15) is 0 Å². The summed E-state index contributed by atoms with van der Waals surface area (Å²) in [5.74, 6) is -0.238. The maximum absolute atomic E-state index is 11.3. The average Bonchev–Trinajstić information content (AvgIpc) is 2.15. The van der Waals surface area contributed by atoms with Crippen LogP contribution in [0.4, 0.5) is 0 Å². The molecule has 3 nitrogen and oxygen atoms in total. The Morgan fingerprint density at radius 2 is 1.86 bits per heavy atom. The van der Waals surface area contributed by atoms with Crippen LogP contribution in [0.15, 0.2) is 30.3 Å². The number of rotatable bonds is 4. The van der Waals surface area contributed by atoms with Crippen molar-refractivity contribution in [2.75, 3.05) is 5.75 Å². The summed E-state index contributed by atoms with van der Waals surface area (Å²) in [6, 6.07) is 8.66. The minimum Gasteiger partial charge on any atom is -0.772 e. The Bertz CT molecular complexity index is 313. The number of benzene rings is 1. The Labute approximate surface area is 107 Å². The molecule has 1 aromatic carbocycles. The summed E-state index contributed by atoms with van der Waals surface area (Å²) >= 11 is -2.13. The van der Waals surface area contributed by atoms with E-state index in [9.17, 15) is 13.6 Å². The summed E-state index contributed by atoms with van der Waals surface area (Å²) in [4.78, 5) is 11.3. The predicted octanol–water partition coefficient (Wildman–Crippen LogP) is -1.86. The number of ketones is 1. The van der Waals surface area contributed by atoms with Crippen molar-refractivity contribution in [3.05, 3.63) is 35.9 Å². The van der Waals surface area contributed by atoms with Gasteiger partial charge in [-0.3, -0.25) is 9.00 Å². The van der Waals surface area contributed by atoms with Crippen molar-refractivity contribution in [2.24, 2.45) is 0 Å². The van der Waals surface area contributed by atoms with E-state index in [1.807, 2.05) is 6.07 Å². The van der Waals surface area contributed by atoms with Gasteiger partial charge in [-0.15, -0.1) is 0 Å². The van der Waals surface area contributed by atoms with Gasteiger partial charge in [0.2, 0.25) is 0 Å². The van der Waals surface area contributed by atoms with Gasteiger partial charge in [0.15, 0.2) is 5.78 Å². The van der Waals surface area contributed by atoms with Gasteiger partial charge < -0.3 is 4.55 Å². The van der Waals surface area contributed by atoms with Crippen molar-refractivity contribution in [1.82, 2.24) is 0 Å². The standard InChI is InChI=1S/C9H10O3S.Na/c10-9(6-7-13(11)12)8-4-2-1-3-5-8;/h1-5H,6-7H2,(H,11,12);/q;+1/p-1. The van der Waals surface area contributed by atoms with Crippen LogP contribution in [0.3, 0.4) is 0 Å². The molecule has 0 N–H and O–H groups in total. The summed E-state index contributed by atoms with van der Waals surface area (Å²) < 4.78 is 20.4. The maximum Gasteiger partial charge on any atom is 1.00 e. The second kappa shape index (κ2) is 7.31. The van der Waals surface area contributed by atoms with Crippen LogP contribution in [0, 0.1) is 0 Å². The van der Waals surface area contributed by atoms with Gasteiger partial charge in [-0.1, -0.05) is 41.4 Å². The molecule has 0 saturated heterocycles. The van der Waals surface area contributed by atoms with Crippen LogP contribution in [-0.4, -0.2) is 20.3 Å². The van der Waals surface area contributed by atoms with Crippen LogP contribution in [0.5, 0.6) is 0 Å². The zero-order valence-electron chi connectivity index (χ0n) is 7.93. The zero-order valence-corrected chi connectivity index (χ0v) is 10.8. The Morgan fingerprint density at radius 3 is 2.36 bits per heavy atom. The number of carbonyl (C=O) groups excluding carboxylic acids is 1. The molecular weight excluding hydrogens is 211 g/mol. The summed E-state index contributed by atoms with van der Waals surface area (Å²) in [6.07, 6.45) is 0.0557. The molecule has 14 heavy (non-hydrogen) atoms. The molecule has 0 aliphatic heterocycles. The summed E-state index contributed by atoms with van der Waals surface area (Å²) in [7, 11) is 0. The molecule has 70 valence electrons. The van der Waals surface area contributed by atoms with Crippen LogP contribution in [0.1, 0.15) is 16.8 Å². The third-order valence-electron chi connectivity index (χ3n) is 1.59. The van der Waals surface area contributed by atoms with Crippen molar-refractivity contribution < 1.29 is 43.1 Å². The fraction of sp³-hybridized carbons (Fsp3) is 0.222. The molecular formula is C9H9NaO3S. The molecule has 0 bridgehead atoms. The smallest absolute Gasteiger partial charge is 0.772 e. The van der Waals surface area contributed by atoms with E-state index in [1.54, 1.807) is 24.3 Å². The van der Waals surface area contributed by atoms with E-state index >= 15 is 0 Å². The topological polar surface area (TPSA) is 57.2 Å². The minimum atomic E-state index is -2.13. The Balaban J connectivity index is 0.00000169. The molecule has 0 fully saturated rings. The summed E-state index contributed by atoms with van der Waals surface area (Å²) in [5, 5.41) is 0. The molecule has 0 radical (unpaired) electrons. The van der Waals surface area contributed by atoms with Gasteiger partial charge in [-0.05, 0) is 0 Å². The molecule has 1 aromatic rings. The van der Waals surface area contributed by atoms with Crippen LogP contribution < -0.4 is 29.6 Å². The van der Waals surface area contributed by atoms with Crippen LogP contribution in [0.25, 0.3) is 0 Å². The minimum absolute atomic E-state index is 0. The summed E-state index contributed by atoms with van der Waals surface area (Å²) in [6.45, 7) is 0. The van der Waals surface area contributed by atoms with Crippen molar-refractivity contribution in [3.63, 3.8) is 0 Å². The van der Waals surface area contributed by atoms with Gasteiger partial charge in [0.05, 0.1) is 0 Å². The van der Waals surface area contributed by atoms with E-state index in [4.69, 9.17) is 0 Å². The fourth-order valence-corrected chi connectivity index (χ4v) is 1.30. The average molecular weight is 220 g/mol. The molecule has 5 heteroatoms. The fourth-order valence-electron chi connectivity index (χ4n) is 0.944. The largest absolute Gasteiger partial charge is 1.00 e. The van der Waals surface area contributed by atoms with Crippen molar-refractivity contribution in [2.45, 2.75) is 6.42 Å². The molecule has 0 amide bonds. The Hall–Kier alpha value is 0. The van der Waals surface area contributed by atoms with Crippen molar-refractivity contribution in [3.8, 4) is 0 Å². The Morgan fingerprint density at radius 1 is 1.29 bits per heavy atom. The molecule has 0 spiro atoms. The Kier molecular flexibility index (Phi) is 7.31. The molecule has 1 unspecified atom stereocenters. The first kappa shape index (κ1) is 14.0. The summed E-state index contributed by atoms with van der Waals surface area (Å²) in [5.41, 5.74) is 0.563. The molecule has 0 aliphatic rings. The predicted molar refractivity (Wildman–Crippen MR) is 49.2 cm³/mol. The molecule has 0 aliphatic carbocycles. The van der Waals surface area contributed by atoms with Crippen LogP contribution in [0.2, 0.25) is 0 Å². The monoisotopic (exact) mass is 220 g/mol. The molecule has 0 saturated carbocycles. The SMILES string of the molecule is O=C(CCS(=O)[O-])c1ccccc1.[Na+]. The van der Waals surface area contributed by atoms with Gasteiger partial charge >= 0.3 is 29.6 Å². The van der Waals surface area contributed by atoms with E-state index in [0.717, 1.165) is 0 Å². The second-order valence-corrected chi connectivity index (χ2v) is 3.56. The third kappa shape index (κ3) is 5.02. The first-order chi connectivity index (χ1) is 6.20. The van der Waals surface area contributed by atoms with E-state index < -0.39 is 11.1 Å². The first-order valence-corrected chi connectivity index (χ1v) is 5.08. The van der Waals surface area contributed by atoms with Crippen LogP contribution in [-0.2, 0) is 11.1 Å². The second-order valence-electron chi connectivity index (χ2n) is 2.55. The van der Waals surface area contributed by atoms with Crippen LogP contribution >= 0.6 is 0 Å². The molecule has 0 heterocycles. The number of carbonyl (C=O) groups is 1. The quantitative estimate of drug-likeness (QED) is 0.340.